The van der Waals surface area contributed by atoms with Crippen molar-refractivity contribution in [3.63, 3.8) is 0 Å². The van der Waals surface area contributed by atoms with Gasteiger partial charge in [-0.25, -0.2) is 4.98 Å². The molecule has 2 heterocycles. The van der Waals surface area contributed by atoms with Crippen LogP contribution >= 0.6 is 7.14 Å². The lowest BCUT2D eigenvalue weighted by atomic mass is 10.1. The second-order valence-electron chi connectivity index (χ2n) is 8.92. The number of pyridine rings is 1. The van der Waals surface area contributed by atoms with Crippen LogP contribution in [0.1, 0.15) is 11.1 Å². The van der Waals surface area contributed by atoms with Gasteiger partial charge in [0, 0.05) is 27.6 Å². The van der Waals surface area contributed by atoms with E-state index in [2.05, 4.69) is 54.1 Å². The van der Waals surface area contributed by atoms with E-state index in [1.54, 1.807) is 6.20 Å². The maximum atomic E-state index is 15.3. The summed E-state index contributed by atoms with van der Waals surface area (Å²) in [5.74, 6) is 0.663. The molecule has 2 aromatic heterocycles. The number of nitrogens with zero attached hydrogens (tertiary/aromatic N) is 2. The number of aromatic nitrogens is 2. The Morgan fingerprint density at radius 3 is 1.65 bits per heavy atom. The third kappa shape index (κ3) is 3.67. The first-order chi connectivity index (χ1) is 18.1. The van der Waals surface area contributed by atoms with Crippen molar-refractivity contribution in [3.8, 4) is 5.82 Å². The van der Waals surface area contributed by atoms with E-state index in [0.29, 0.717) is 11.1 Å². The average Bonchev–Trinajstić information content (AvgIpc) is 3.30. The molecule has 0 radical (unpaired) electrons. The number of hydrogen-bond acceptors (Lipinski definition) is 2. The summed E-state index contributed by atoms with van der Waals surface area (Å²) < 4.78 is 17.5. The summed E-state index contributed by atoms with van der Waals surface area (Å²) in [4.78, 5) is 4.87. The Balaban J connectivity index is 1.74. The van der Waals surface area contributed by atoms with Crippen molar-refractivity contribution >= 4 is 57.0 Å². The lowest BCUT2D eigenvalue weighted by Crippen LogP contribution is -2.28. The van der Waals surface area contributed by atoms with Gasteiger partial charge in [-0.15, -0.1) is 0 Å². The summed E-state index contributed by atoms with van der Waals surface area (Å²) in [6, 6.07) is 35.8. The van der Waals surface area contributed by atoms with Gasteiger partial charge >= 0.3 is 0 Å². The first kappa shape index (κ1) is 23.0. The van der Waals surface area contributed by atoms with E-state index >= 15 is 4.57 Å². The molecular formula is C33H25N2OP. The first-order valence-corrected chi connectivity index (χ1v) is 13.9. The van der Waals surface area contributed by atoms with E-state index in [1.807, 2.05) is 84.9 Å². The predicted octanol–water partition coefficient (Wildman–Crippen LogP) is 7.10. The molecule has 0 fully saturated rings. The van der Waals surface area contributed by atoms with Gasteiger partial charge in [0.1, 0.15) is 5.82 Å². The van der Waals surface area contributed by atoms with Gasteiger partial charge in [-0.2, -0.15) is 0 Å². The fourth-order valence-corrected chi connectivity index (χ4v) is 7.82. The van der Waals surface area contributed by atoms with Crippen LogP contribution in [0.3, 0.4) is 0 Å². The smallest absolute Gasteiger partial charge is 0.174 e. The van der Waals surface area contributed by atoms with E-state index in [0.717, 1.165) is 43.5 Å². The number of benzene rings is 4. The van der Waals surface area contributed by atoms with Gasteiger partial charge < -0.3 is 4.57 Å². The fraction of sp³-hybridized carbons (Fsp3) is 0. The normalized spacial score (nSPS) is 11.6. The highest BCUT2D eigenvalue weighted by atomic mass is 31.2. The molecule has 0 bridgehead atoms. The van der Waals surface area contributed by atoms with Crippen LogP contribution in [0.5, 0.6) is 0 Å². The van der Waals surface area contributed by atoms with Crippen molar-refractivity contribution in [1.82, 2.24) is 9.55 Å². The van der Waals surface area contributed by atoms with Crippen molar-refractivity contribution in [2.45, 2.75) is 0 Å². The molecule has 0 atom stereocenters. The Labute approximate surface area is 216 Å². The topological polar surface area (TPSA) is 34.9 Å². The molecule has 4 heteroatoms. The summed E-state index contributed by atoms with van der Waals surface area (Å²) in [6.45, 7) is 7.92. The van der Waals surface area contributed by atoms with Crippen LogP contribution in [0.15, 0.2) is 129 Å². The number of rotatable bonds is 6. The highest BCUT2D eigenvalue weighted by Crippen LogP contribution is 2.44. The van der Waals surface area contributed by atoms with Gasteiger partial charge in [0.15, 0.2) is 7.14 Å². The second-order valence-corrected chi connectivity index (χ2v) is 11.7. The summed E-state index contributed by atoms with van der Waals surface area (Å²) in [7, 11) is -3.26. The van der Waals surface area contributed by atoms with E-state index in [4.69, 9.17) is 4.98 Å². The molecule has 0 N–H and O–H groups in total. The van der Waals surface area contributed by atoms with Crippen LogP contribution in [0.4, 0.5) is 0 Å². The van der Waals surface area contributed by atoms with Crippen LogP contribution in [-0.4, -0.2) is 9.55 Å². The molecule has 0 saturated carbocycles. The summed E-state index contributed by atoms with van der Waals surface area (Å²) in [5, 5.41) is 4.42. The van der Waals surface area contributed by atoms with Crippen molar-refractivity contribution < 1.29 is 4.57 Å². The van der Waals surface area contributed by atoms with Crippen LogP contribution in [0, 0.1) is 0 Å². The summed E-state index contributed by atoms with van der Waals surface area (Å²) >= 11 is 0. The van der Waals surface area contributed by atoms with Crippen molar-refractivity contribution in [1.29, 1.82) is 0 Å². The Morgan fingerprint density at radius 2 is 1.16 bits per heavy atom. The Kier molecular flexibility index (Phi) is 5.71. The maximum absolute atomic E-state index is 15.3. The molecule has 37 heavy (non-hydrogen) atoms. The molecule has 0 spiro atoms. The van der Waals surface area contributed by atoms with E-state index in [1.165, 1.54) is 0 Å². The molecule has 3 nitrogen and oxygen atoms in total. The monoisotopic (exact) mass is 496 g/mol. The largest absolute Gasteiger partial charge is 0.308 e. The molecule has 6 aromatic rings. The van der Waals surface area contributed by atoms with Crippen molar-refractivity contribution in [2.24, 2.45) is 0 Å². The fourth-order valence-electron chi connectivity index (χ4n) is 5.05. The molecule has 0 saturated heterocycles. The lowest BCUT2D eigenvalue weighted by Gasteiger charge is -2.23. The molecule has 6 rings (SSSR count). The Bertz CT molecular complexity index is 1730. The van der Waals surface area contributed by atoms with Crippen molar-refractivity contribution in [3.05, 3.63) is 140 Å². The van der Waals surface area contributed by atoms with Gasteiger partial charge in [-0.05, 0) is 47.5 Å². The van der Waals surface area contributed by atoms with E-state index < -0.39 is 7.14 Å². The Morgan fingerprint density at radius 1 is 0.649 bits per heavy atom. The molecule has 0 amide bonds. The van der Waals surface area contributed by atoms with Gasteiger partial charge in [0.05, 0.1) is 16.3 Å². The summed E-state index contributed by atoms with van der Waals surface area (Å²) in [5.41, 5.74) is 4.07. The van der Waals surface area contributed by atoms with Crippen molar-refractivity contribution in [2.75, 3.05) is 0 Å². The zero-order valence-electron chi connectivity index (χ0n) is 20.3. The minimum Gasteiger partial charge on any atom is -0.308 e. The molecule has 0 aliphatic heterocycles. The van der Waals surface area contributed by atoms with Gasteiger partial charge in [0.25, 0.3) is 0 Å². The third-order valence-electron chi connectivity index (χ3n) is 6.84. The minimum absolute atomic E-state index is 0.663. The number of fused-ring (bicyclic) bond motifs is 3. The zero-order chi connectivity index (χ0) is 25.4. The van der Waals surface area contributed by atoms with Gasteiger partial charge in [0.2, 0.25) is 0 Å². The molecule has 178 valence electrons. The molecule has 4 aromatic carbocycles. The average molecular weight is 497 g/mol. The van der Waals surface area contributed by atoms with Gasteiger partial charge in [-0.3, -0.25) is 4.57 Å². The SMILES string of the molecule is C=Cc1ccc2c(c1)c1cc(C=C)ccc1n2-c1ncccc1P(=O)(c1ccccc1)c1ccccc1. The maximum Gasteiger partial charge on any atom is 0.174 e. The molecule has 0 unspecified atom stereocenters. The van der Waals surface area contributed by atoms with Crippen LogP contribution in [0.2, 0.25) is 0 Å². The van der Waals surface area contributed by atoms with E-state index in [-0.39, 0.29) is 0 Å². The van der Waals surface area contributed by atoms with Crippen LogP contribution in [0.25, 0.3) is 39.8 Å². The predicted molar refractivity (Wildman–Crippen MR) is 158 cm³/mol. The minimum atomic E-state index is -3.26. The highest BCUT2D eigenvalue weighted by Gasteiger charge is 2.33. The van der Waals surface area contributed by atoms with Crippen LogP contribution < -0.4 is 15.9 Å². The highest BCUT2D eigenvalue weighted by molar-refractivity contribution is 7.85. The van der Waals surface area contributed by atoms with E-state index in [9.17, 15) is 0 Å². The quantitative estimate of drug-likeness (QED) is 0.231. The molecule has 0 aliphatic carbocycles. The summed E-state index contributed by atoms with van der Waals surface area (Å²) in [6.07, 6.45) is 5.48. The Hall–Kier alpha value is -4.46. The molecular weight excluding hydrogens is 471 g/mol. The third-order valence-corrected chi connectivity index (χ3v) is 9.92. The van der Waals surface area contributed by atoms with Gasteiger partial charge in [-0.1, -0.05) is 98.1 Å². The van der Waals surface area contributed by atoms with Crippen LogP contribution in [-0.2, 0) is 4.57 Å². The lowest BCUT2D eigenvalue weighted by molar-refractivity contribution is 0.592. The zero-order valence-corrected chi connectivity index (χ0v) is 21.2. The first-order valence-electron chi connectivity index (χ1n) is 12.2. The standard InChI is InChI=1S/C33H25N2OP/c1-3-24-17-19-30-28(22-24)29-23-25(4-2)18-20-31(29)35(30)33-32(16-11-21-34-33)37(36,26-12-7-5-8-13-26)27-14-9-6-10-15-27/h3-23H,1-2H2. The molecule has 0 aliphatic rings. The number of hydrogen-bond donors (Lipinski definition) is 0. The second kappa shape index (κ2) is 9.20.